The number of hydrogen-bond acceptors (Lipinski definition) is 4. The highest BCUT2D eigenvalue weighted by Crippen LogP contribution is 2.27. The molecule has 0 atom stereocenters. The largest absolute Gasteiger partial charge is 0.495 e. The molecule has 0 aliphatic rings. The zero-order valence-corrected chi connectivity index (χ0v) is 14.9. The average molecular weight is 386 g/mol. The van der Waals surface area contributed by atoms with E-state index in [1.54, 1.807) is 18.2 Å². The molecule has 0 heterocycles. The summed E-state index contributed by atoms with van der Waals surface area (Å²) in [6.07, 6.45) is 0. The lowest BCUT2D eigenvalue weighted by Gasteiger charge is -2.08. The van der Waals surface area contributed by atoms with E-state index < -0.39 is 15.7 Å². The minimum atomic E-state index is -3.78. The molecule has 2 rings (SSSR count). The molecule has 0 saturated carbocycles. The van der Waals surface area contributed by atoms with Crippen LogP contribution < -0.4 is 15.8 Å². The van der Waals surface area contributed by atoms with Gasteiger partial charge in [0.25, 0.3) is 0 Å². The van der Waals surface area contributed by atoms with Crippen molar-refractivity contribution < 1.29 is 17.5 Å². The fraction of sp³-hybridized carbons (Fsp3) is 0.188. The van der Waals surface area contributed by atoms with E-state index in [0.717, 1.165) is 6.07 Å². The van der Waals surface area contributed by atoms with Crippen molar-refractivity contribution in [3.63, 3.8) is 0 Å². The quantitative estimate of drug-likeness (QED) is 0.589. The lowest BCUT2D eigenvalue weighted by molar-refractivity contribution is 0.415. The molecule has 134 valence electrons. The van der Waals surface area contributed by atoms with Crippen LogP contribution in [0, 0.1) is 5.82 Å². The molecule has 9 heteroatoms. The maximum absolute atomic E-state index is 13.6. The molecular weight excluding hydrogens is 369 g/mol. The molecule has 2 aromatic rings. The van der Waals surface area contributed by atoms with Crippen LogP contribution in [-0.4, -0.2) is 33.8 Å². The van der Waals surface area contributed by atoms with E-state index >= 15 is 0 Å². The van der Waals surface area contributed by atoms with Crippen molar-refractivity contribution >= 4 is 33.1 Å². The summed E-state index contributed by atoms with van der Waals surface area (Å²) < 4.78 is 42.8. The summed E-state index contributed by atoms with van der Waals surface area (Å²) in [7, 11) is -2.28. The number of nitrogens with one attached hydrogen (secondary N) is 1. The molecule has 0 unspecified atom stereocenters. The number of halogens is 2. The van der Waals surface area contributed by atoms with E-state index in [1.165, 1.54) is 25.3 Å². The summed E-state index contributed by atoms with van der Waals surface area (Å²) in [5, 5.41) is 3.18. The SMILES string of the molecule is COc1ccc(NC(N)=NCCS(=O)(=O)c2ccccc2F)cc1Cl. The van der Waals surface area contributed by atoms with Gasteiger partial charge >= 0.3 is 0 Å². The Morgan fingerprint density at radius 2 is 2.04 bits per heavy atom. The number of ether oxygens (including phenoxy) is 1. The highest BCUT2D eigenvalue weighted by Gasteiger charge is 2.18. The van der Waals surface area contributed by atoms with Gasteiger partial charge in [-0.15, -0.1) is 0 Å². The number of benzene rings is 2. The van der Waals surface area contributed by atoms with Crippen LogP contribution in [0.2, 0.25) is 5.02 Å². The zero-order valence-electron chi connectivity index (χ0n) is 13.4. The van der Waals surface area contributed by atoms with Crippen LogP contribution in [-0.2, 0) is 9.84 Å². The third kappa shape index (κ3) is 5.07. The monoisotopic (exact) mass is 385 g/mol. The lowest BCUT2D eigenvalue weighted by atomic mass is 10.3. The summed E-state index contributed by atoms with van der Waals surface area (Å²) in [6.45, 7) is -0.112. The fourth-order valence-corrected chi connectivity index (χ4v) is 3.49. The molecule has 0 aliphatic carbocycles. The van der Waals surface area contributed by atoms with Crippen LogP contribution in [0.5, 0.6) is 5.75 Å². The maximum atomic E-state index is 13.6. The number of methoxy groups -OCH3 is 1. The van der Waals surface area contributed by atoms with Gasteiger partial charge in [-0.05, 0) is 30.3 Å². The van der Waals surface area contributed by atoms with Gasteiger partial charge in [0.2, 0.25) is 0 Å². The summed E-state index contributed by atoms with van der Waals surface area (Å²) in [4.78, 5) is 3.59. The second-order valence-corrected chi connectivity index (χ2v) is 7.48. The number of nitrogens with two attached hydrogens (primary N) is 1. The molecule has 0 fully saturated rings. The molecule has 0 radical (unpaired) electrons. The van der Waals surface area contributed by atoms with Crippen molar-refractivity contribution in [1.29, 1.82) is 0 Å². The maximum Gasteiger partial charge on any atom is 0.193 e. The molecular formula is C16H17ClFN3O3S. The summed E-state index contributed by atoms with van der Waals surface area (Å²) >= 11 is 6.00. The second-order valence-electron chi connectivity index (χ2n) is 4.99. The highest BCUT2D eigenvalue weighted by atomic mass is 35.5. The van der Waals surface area contributed by atoms with Crippen LogP contribution in [0.15, 0.2) is 52.4 Å². The van der Waals surface area contributed by atoms with E-state index in [9.17, 15) is 12.8 Å². The Kier molecular flexibility index (Phi) is 6.22. The Bertz CT molecular complexity index is 888. The Morgan fingerprint density at radius 1 is 1.32 bits per heavy atom. The van der Waals surface area contributed by atoms with Gasteiger partial charge in [0, 0.05) is 5.69 Å². The normalized spacial score (nSPS) is 12.0. The van der Waals surface area contributed by atoms with Crippen molar-refractivity contribution in [1.82, 2.24) is 0 Å². The molecule has 0 aromatic heterocycles. The van der Waals surface area contributed by atoms with Gasteiger partial charge in [-0.25, -0.2) is 12.8 Å². The fourth-order valence-electron chi connectivity index (χ4n) is 2.02. The number of guanidine groups is 1. The lowest BCUT2D eigenvalue weighted by Crippen LogP contribution is -2.24. The molecule has 0 aliphatic heterocycles. The van der Waals surface area contributed by atoms with Crippen molar-refractivity contribution in [2.24, 2.45) is 10.7 Å². The number of hydrogen-bond donors (Lipinski definition) is 2. The van der Waals surface area contributed by atoms with E-state index in [1.807, 2.05) is 0 Å². The van der Waals surface area contributed by atoms with E-state index in [-0.39, 0.29) is 23.2 Å². The molecule has 3 N–H and O–H groups in total. The van der Waals surface area contributed by atoms with Crippen LogP contribution in [0.3, 0.4) is 0 Å². The third-order valence-corrected chi connectivity index (χ3v) is 5.25. The standard InChI is InChI=1S/C16H17ClFN3O3S/c1-24-14-7-6-11(10-12(14)17)21-16(19)20-8-9-25(22,23)15-5-3-2-4-13(15)18/h2-7,10H,8-9H2,1H3,(H3,19,20,21). The molecule has 6 nitrogen and oxygen atoms in total. The van der Waals surface area contributed by atoms with Crippen molar-refractivity contribution in [2.75, 3.05) is 24.7 Å². The first-order valence-electron chi connectivity index (χ1n) is 7.21. The molecule has 25 heavy (non-hydrogen) atoms. The van der Waals surface area contributed by atoms with Crippen molar-refractivity contribution in [2.45, 2.75) is 4.90 Å². The predicted molar refractivity (Wildman–Crippen MR) is 96.6 cm³/mol. The van der Waals surface area contributed by atoms with Gasteiger partial charge in [0.15, 0.2) is 15.8 Å². The summed E-state index contributed by atoms with van der Waals surface area (Å²) in [5.74, 6) is -0.617. The Hall–Kier alpha value is -2.32. The predicted octanol–water partition coefficient (Wildman–Crippen LogP) is 2.69. The summed E-state index contributed by atoms with van der Waals surface area (Å²) in [5.41, 5.74) is 6.29. The van der Waals surface area contributed by atoms with Gasteiger partial charge in [-0.1, -0.05) is 23.7 Å². The summed E-state index contributed by atoms with van der Waals surface area (Å²) in [6, 6.07) is 10.1. The third-order valence-electron chi connectivity index (χ3n) is 3.24. The van der Waals surface area contributed by atoms with Gasteiger partial charge in [-0.2, -0.15) is 0 Å². The van der Waals surface area contributed by atoms with Crippen molar-refractivity contribution in [3.05, 3.63) is 53.3 Å². The number of nitrogens with zero attached hydrogens (tertiary/aromatic N) is 1. The Morgan fingerprint density at radius 3 is 2.68 bits per heavy atom. The Labute approximate surface area is 150 Å². The smallest absolute Gasteiger partial charge is 0.193 e. The minimum absolute atomic E-state index is 0.0185. The zero-order chi connectivity index (χ0) is 18.4. The molecule has 0 amide bonds. The van der Waals surface area contributed by atoms with Gasteiger partial charge < -0.3 is 15.8 Å². The van der Waals surface area contributed by atoms with Crippen LogP contribution in [0.25, 0.3) is 0 Å². The molecule has 0 saturated heterocycles. The first-order chi connectivity index (χ1) is 11.8. The minimum Gasteiger partial charge on any atom is -0.495 e. The van der Waals surface area contributed by atoms with E-state index in [2.05, 4.69) is 10.3 Å². The number of aliphatic imine (C=N–C) groups is 1. The molecule has 2 aromatic carbocycles. The molecule has 0 spiro atoms. The van der Waals surface area contributed by atoms with E-state index in [4.69, 9.17) is 22.1 Å². The average Bonchev–Trinajstić information content (AvgIpc) is 2.55. The van der Waals surface area contributed by atoms with Gasteiger partial charge in [0.05, 0.1) is 24.4 Å². The van der Waals surface area contributed by atoms with Crippen LogP contribution >= 0.6 is 11.6 Å². The number of rotatable bonds is 6. The van der Waals surface area contributed by atoms with Crippen molar-refractivity contribution in [3.8, 4) is 5.75 Å². The molecule has 0 bridgehead atoms. The van der Waals surface area contributed by atoms with Crippen LogP contribution in [0.4, 0.5) is 10.1 Å². The number of anilines is 1. The van der Waals surface area contributed by atoms with Gasteiger partial charge in [0.1, 0.15) is 16.5 Å². The van der Waals surface area contributed by atoms with E-state index in [0.29, 0.717) is 16.5 Å². The van der Waals surface area contributed by atoms with Crippen LogP contribution in [0.1, 0.15) is 0 Å². The van der Waals surface area contributed by atoms with Gasteiger partial charge in [-0.3, -0.25) is 4.99 Å². The number of sulfone groups is 1. The first kappa shape index (κ1) is 19.0. The Balaban J connectivity index is 2.00. The topological polar surface area (TPSA) is 93.8 Å². The first-order valence-corrected chi connectivity index (χ1v) is 9.24. The highest BCUT2D eigenvalue weighted by molar-refractivity contribution is 7.91. The second kappa shape index (κ2) is 8.17.